The van der Waals surface area contributed by atoms with E-state index in [4.69, 9.17) is 5.73 Å². The van der Waals surface area contributed by atoms with Crippen molar-refractivity contribution in [3.05, 3.63) is 23.0 Å². The number of pyridine rings is 1. The number of halogens is 3. The fraction of sp³-hybridized carbons (Fsp3) is 0.250. The van der Waals surface area contributed by atoms with E-state index in [2.05, 4.69) is 20.9 Å². The second kappa shape index (κ2) is 4.45. The third-order valence-corrected chi connectivity index (χ3v) is 2.22. The molecule has 0 unspecified atom stereocenters. The third kappa shape index (κ3) is 2.06. The van der Waals surface area contributed by atoms with Gasteiger partial charge in [-0.15, -0.1) is 0 Å². The van der Waals surface area contributed by atoms with E-state index in [9.17, 15) is 13.6 Å². The molecule has 1 aromatic heterocycles. The maximum Gasteiger partial charge on any atom is 0.282 e. The minimum Gasteiger partial charge on any atom is -0.396 e. The van der Waals surface area contributed by atoms with E-state index in [1.165, 1.54) is 6.07 Å². The zero-order valence-corrected chi connectivity index (χ0v) is 8.59. The summed E-state index contributed by atoms with van der Waals surface area (Å²) in [6.45, 7) is 0. The number of nitrogen functional groups attached to an aromatic ring is 1. The Hall–Kier alpha value is -1.04. The molecule has 0 saturated heterocycles. The molecule has 1 aromatic rings. The molecule has 1 rings (SSSR count). The first-order valence-corrected chi connectivity index (χ1v) is 4.81. The van der Waals surface area contributed by atoms with Gasteiger partial charge in [0.2, 0.25) is 0 Å². The van der Waals surface area contributed by atoms with E-state index in [1.807, 2.05) is 0 Å². The van der Waals surface area contributed by atoms with Crippen LogP contribution < -0.4 is 5.73 Å². The number of nitrogens with zero attached hydrogens (tertiary/aromatic N) is 1. The molecule has 76 valence electrons. The summed E-state index contributed by atoms with van der Waals surface area (Å²) in [5.41, 5.74) is 4.95. The standard InChI is InChI=1S/C8H7BrF2N2O/c9-2-5-1-4(3-14)6(12)7(13-5)8(10)11/h1,3,8H,2,12H2. The summed E-state index contributed by atoms with van der Waals surface area (Å²) in [6.07, 6.45) is -2.33. The molecule has 2 N–H and O–H groups in total. The van der Waals surface area contributed by atoms with Crippen LogP contribution in [-0.2, 0) is 5.33 Å². The molecule has 0 radical (unpaired) electrons. The van der Waals surface area contributed by atoms with Crippen LogP contribution in [-0.4, -0.2) is 11.3 Å². The lowest BCUT2D eigenvalue weighted by atomic mass is 10.1. The Morgan fingerprint density at radius 2 is 2.29 bits per heavy atom. The highest BCUT2D eigenvalue weighted by molar-refractivity contribution is 9.08. The Bertz CT molecular complexity index is 357. The molecule has 1 heterocycles. The molecule has 0 atom stereocenters. The van der Waals surface area contributed by atoms with Gasteiger partial charge >= 0.3 is 0 Å². The summed E-state index contributed by atoms with van der Waals surface area (Å²) in [5.74, 6) is 0. The largest absolute Gasteiger partial charge is 0.396 e. The lowest BCUT2D eigenvalue weighted by Crippen LogP contribution is -2.05. The lowest BCUT2D eigenvalue weighted by Gasteiger charge is -2.07. The highest BCUT2D eigenvalue weighted by Crippen LogP contribution is 2.26. The van der Waals surface area contributed by atoms with Gasteiger partial charge in [-0.05, 0) is 6.07 Å². The Labute approximate surface area is 87.4 Å². The van der Waals surface area contributed by atoms with Crippen molar-refractivity contribution >= 4 is 27.9 Å². The lowest BCUT2D eigenvalue weighted by molar-refractivity contribution is 0.112. The molecule has 0 fully saturated rings. The Morgan fingerprint density at radius 1 is 1.64 bits per heavy atom. The van der Waals surface area contributed by atoms with Crippen LogP contribution in [0.4, 0.5) is 14.5 Å². The molecule has 0 aliphatic carbocycles. The summed E-state index contributed by atoms with van der Waals surface area (Å²) < 4.78 is 24.8. The van der Waals surface area contributed by atoms with Gasteiger partial charge < -0.3 is 5.73 Å². The number of rotatable bonds is 3. The zero-order valence-electron chi connectivity index (χ0n) is 7.01. The maximum atomic E-state index is 12.4. The molecule has 0 aromatic carbocycles. The molecule has 0 aliphatic rings. The summed E-state index contributed by atoms with van der Waals surface area (Å²) in [7, 11) is 0. The number of anilines is 1. The molecular weight excluding hydrogens is 258 g/mol. The van der Waals surface area contributed by atoms with E-state index < -0.39 is 12.1 Å². The fourth-order valence-electron chi connectivity index (χ4n) is 0.985. The predicted molar refractivity (Wildman–Crippen MR) is 51.6 cm³/mol. The van der Waals surface area contributed by atoms with Crippen LogP contribution in [0.2, 0.25) is 0 Å². The summed E-state index contributed by atoms with van der Waals surface area (Å²) in [4.78, 5) is 14.1. The SMILES string of the molecule is Nc1c(C=O)cc(CBr)nc1C(F)F. The van der Waals surface area contributed by atoms with Crippen molar-refractivity contribution in [3.8, 4) is 0 Å². The second-order valence-corrected chi connectivity index (χ2v) is 3.11. The molecule has 14 heavy (non-hydrogen) atoms. The van der Waals surface area contributed by atoms with Gasteiger partial charge in [-0.2, -0.15) is 0 Å². The van der Waals surface area contributed by atoms with Gasteiger partial charge in [0.15, 0.2) is 6.29 Å². The van der Waals surface area contributed by atoms with Crippen molar-refractivity contribution in [1.82, 2.24) is 4.98 Å². The molecule has 0 aliphatic heterocycles. The average molecular weight is 265 g/mol. The first kappa shape index (κ1) is 11.0. The summed E-state index contributed by atoms with van der Waals surface area (Å²) in [6, 6.07) is 1.38. The van der Waals surface area contributed by atoms with Crippen LogP contribution >= 0.6 is 15.9 Å². The number of carbonyl (C=O) groups excluding carboxylic acids is 1. The number of carbonyl (C=O) groups is 1. The molecule has 0 amide bonds. The smallest absolute Gasteiger partial charge is 0.282 e. The van der Waals surface area contributed by atoms with Gasteiger partial charge in [-0.1, -0.05) is 15.9 Å². The molecule has 3 nitrogen and oxygen atoms in total. The third-order valence-electron chi connectivity index (χ3n) is 1.64. The van der Waals surface area contributed by atoms with Crippen LogP contribution in [0.5, 0.6) is 0 Å². The van der Waals surface area contributed by atoms with E-state index >= 15 is 0 Å². The van der Waals surface area contributed by atoms with Gasteiger partial charge in [0.25, 0.3) is 6.43 Å². The van der Waals surface area contributed by atoms with Crippen LogP contribution in [0, 0.1) is 0 Å². The van der Waals surface area contributed by atoms with Crippen molar-refractivity contribution in [2.24, 2.45) is 0 Å². The molecular formula is C8H7BrF2N2O. The normalized spacial score (nSPS) is 10.6. The van der Waals surface area contributed by atoms with Crippen molar-refractivity contribution in [3.63, 3.8) is 0 Å². The molecule has 0 spiro atoms. The number of hydrogen-bond acceptors (Lipinski definition) is 3. The van der Waals surface area contributed by atoms with E-state index in [-0.39, 0.29) is 11.3 Å². The van der Waals surface area contributed by atoms with Crippen molar-refractivity contribution in [2.75, 3.05) is 5.73 Å². The number of alkyl halides is 3. The Morgan fingerprint density at radius 3 is 2.71 bits per heavy atom. The van der Waals surface area contributed by atoms with E-state index in [0.717, 1.165) is 0 Å². The fourth-order valence-corrected chi connectivity index (χ4v) is 1.27. The number of aldehydes is 1. The quantitative estimate of drug-likeness (QED) is 0.674. The van der Waals surface area contributed by atoms with Crippen molar-refractivity contribution in [1.29, 1.82) is 0 Å². The number of nitrogens with two attached hydrogens (primary N) is 1. The van der Waals surface area contributed by atoms with Crippen LogP contribution in [0.15, 0.2) is 6.07 Å². The average Bonchev–Trinajstić information content (AvgIpc) is 2.17. The van der Waals surface area contributed by atoms with Gasteiger partial charge in [-0.25, -0.2) is 13.8 Å². The highest BCUT2D eigenvalue weighted by atomic mass is 79.9. The van der Waals surface area contributed by atoms with Crippen LogP contribution in [0.3, 0.4) is 0 Å². The topological polar surface area (TPSA) is 56.0 Å². The molecule has 0 saturated carbocycles. The van der Waals surface area contributed by atoms with E-state index in [0.29, 0.717) is 17.3 Å². The zero-order chi connectivity index (χ0) is 10.7. The minimum absolute atomic E-state index is 0.0461. The van der Waals surface area contributed by atoms with Gasteiger partial charge in [0.05, 0.1) is 11.4 Å². The number of aromatic nitrogens is 1. The Kier molecular flexibility index (Phi) is 3.51. The van der Waals surface area contributed by atoms with Gasteiger partial charge in [0, 0.05) is 10.9 Å². The van der Waals surface area contributed by atoms with E-state index in [1.54, 1.807) is 0 Å². The first-order valence-electron chi connectivity index (χ1n) is 3.68. The van der Waals surface area contributed by atoms with Gasteiger partial charge in [-0.3, -0.25) is 4.79 Å². The van der Waals surface area contributed by atoms with Crippen LogP contribution in [0.25, 0.3) is 0 Å². The van der Waals surface area contributed by atoms with Crippen LogP contribution in [0.1, 0.15) is 28.2 Å². The van der Waals surface area contributed by atoms with Gasteiger partial charge in [0.1, 0.15) is 5.69 Å². The second-order valence-electron chi connectivity index (χ2n) is 2.55. The molecule has 0 bridgehead atoms. The maximum absolute atomic E-state index is 12.4. The number of hydrogen-bond donors (Lipinski definition) is 1. The summed E-state index contributed by atoms with van der Waals surface area (Å²) in [5, 5.41) is 0.299. The minimum atomic E-state index is -2.77. The monoisotopic (exact) mass is 264 g/mol. The first-order chi connectivity index (χ1) is 6.60. The highest BCUT2D eigenvalue weighted by Gasteiger charge is 2.17. The van der Waals surface area contributed by atoms with Crippen molar-refractivity contribution in [2.45, 2.75) is 11.8 Å². The van der Waals surface area contributed by atoms with Crippen molar-refractivity contribution < 1.29 is 13.6 Å². The Balaban J connectivity index is 3.34. The predicted octanol–water partition coefficient (Wildman–Crippen LogP) is 2.31. The molecule has 6 heteroatoms. The summed E-state index contributed by atoms with van der Waals surface area (Å²) >= 11 is 3.06.